The molecule has 2 aromatic rings. The molecule has 78 valence electrons. The molecular weight excluding hydrogens is 190 g/mol. The maximum Gasteiger partial charge on any atom is 0.163 e. The summed E-state index contributed by atoms with van der Waals surface area (Å²) < 4.78 is 0. The Labute approximate surface area is 87.5 Å². The zero-order valence-corrected chi connectivity index (χ0v) is 8.27. The van der Waals surface area contributed by atoms with E-state index in [9.17, 15) is 0 Å². The van der Waals surface area contributed by atoms with Crippen LogP contribution in [0, 0.1) is 0 Å². The molecule has 5 N–H and O–H groups in total. The Morgan fingerprint density at radius 1 is 1.13 bits per heavy atom. The third-order valence-electron chi connectivity index (χ3n) is 2.02. The quantitative estimate of drug-likeness (QED) is 0.679. The van der Waals surface area contributed by atoms with E-state index in [1.165, 1.54) is 0 Å². The number of nitrogens with one attached hydrogen (secondary N) is 1. The number of nitrogens with two attached hydrogens (primary N) is 2. The molecule has 0 aliphatic rings. The summed E-state index contributed by atoms with van der Waals surface area (Å²) >= 11 is 0. The minimum atomic E-state index is 0.478. The molecule has 0 saturated heterocycles. The minimum absolute atomic E-state index is 0.478. The summed E-state index contributed by atoms with van der Waals surface area (Å²) in [5.74, 6) is 1.25. The summed E-state index contributed by atoms with van der Waals surface area (Å²) in [6, 6.07) is 7.51. The first-order chi connectivity index (χ1) is 7.29. The van der Waals surface area contributed by atoms with Gasteiger partial charge in [0.15, 0.2) is 5.65 Å². The van der Waals surface area contributed by atoms with Crippen molar-refractivity contribution >= 4 is 22.7 Å². The van der Waals surface area contributed by atoms with E-state index in [2.05, 4.69) is 15.3 Å². The minimum Gasteiger partial charge on any atom is -0.384 e. The molecule has 0 aromatic carbocycles. The molecule has 0 bridgehead atoms. The Bertz CT molecular complexity index is 468. The van der Waals surface area contributed by atoms with Gasteiger partial charge in [0.2, 0.25) is 0 Å². The number of fused-ring (bicyclic) bond motifs is 1. The van der Waals surface area contributed by atoms with Gasteiger partial charge in [0, 0.05) is 18.5 Å². The molecule has 0 spiro atoms. The fraction of sp³-hybridized carbons (Fsp3) is 0.200. The fourth-order valence-electron chi connectivity index (χ4n) is 1.31. The molecule has 0 unspecified atom stereocenters. The monoisotopic (exact) mass is 203 g/mol. The molecule has 15 heavy (non-hydrogen) atoms. The SMILES string of the molecule is NCCNc1ccc2ccc(N)nc2n1. The molecular formula is C10H13N5. The number of nitrogen functional groups attached to an aromatic ring is 1. The van der Waals surface area contributed by atoms with Gasteiger partial charge in [-0.3, -0.25) is 0 Å². The van der Waals surface area contributed by atoms with Crippen LogP contribution in [0.15, 0.2) is 24.3 Å². The molecule has 0 atom stereocenters. The van der Waals surface area contributed by atoms with Gasteiger partial charge in [-0.1, -0.05) is 0 Å². The molecule has 2 rings (SSSR count). The van der Waals surface area contributed by atoms with Crippen LogP contribution in [0.4, 0.5) is 11.6 Å². The highest BCUT2D eigenvalue weighted by atomic mass is 15.0. The zero-order valence-electron chi connectivity index (χ0n) is 8.27. The van der Waals surface area contributed by atoms with Crippen LogP contribution in [0.25, 0.3) is 11.0 Å². The Morgan fingerprint density at radius 3 is 2.73 bits per heavy atom. The van der Waals surface area contributed by atoms with Gasteiger partial charge in [-0.25, -0.2) is 9.97 Å². The van der Waals surface area contributed by atoms with Gasteiger partial charge in [0.05, 0.1) is 0 Å². The number of pyridine rings is 2. The second-order valence-corrected chi connectivity index (χ2v) is 3.19. The third-order valence-corrected chi connectivity index (χ3v) is 2.02. The third kappa shape index (κ3) is 2.13. The van der Waals surface area contributed by atoms with Crippen molar-refractivity contribution in [2.75, 3.05) is 24.1 Å². The highest BCUT2D eigenvalue weighted by molar-refractivity contribution is 5.77. The predicted molar refractivity (Wildman–Crippen MR) is 61.5 cm³/mol. The van der Waals surface area contributed by atoms with Crippen LogP contribution in [0.5, 0.6) is 0 Å². The summed E-state index contributed by atoms with van der Waals surface area (Å²) in [6.07, 6.45) is 0. The van der Waals surface area contributed by atoms with Gasteiger partial charge in [0.25, 0.3) is 0 Å². The van der Waals surface area contributed by atoms with Crippen molar-refractivity contribution in [3.8, 4) is 0 Å². The summed E-state index contributed by atoms with van der Waals surface area (Å²) in [5.41, 5.74) is 11.6. The van der Waals surface area contributed by atoms with Crippen molar-refractivity contribution < 1.29 is 0 Å². The smallest absolute Gasteiger partial charge is 0.163 e. The molecule has 5 heteroatoms. The first-order valence-electron chi connectivity index (χ1n) is 4.77. The van der Waals surface area contributed by atoms with Crippen LogP contribution < -0.4 is 16.8 Å². The lowest BCUT2D eigenvalue weighted by atomic mass is 10.3. The summed E-state index contributed by atoms with van der Waals surface area (Å²) in [6.45, 7) is 1.27. The van der Waals surface area contributed by atoms with E-state index >= 15 is 0 Å². The van der Waals surface area contributed by atoms with Gasteiger partial charge < -0.3 is 16.8 Å². The van der Waals surface area contributed by atoms with E-state index in [0.717, 1.165) is 11.2 Å². The first-order valence-corrected chi connectivity index (χ1v) is 4.77. The number of anilines is 2. The predicted octanol–water partition coefficient (Wildman–Crippen LogP) is 0.583. The lowest BCUT2D eigenvalue weighted by molar-refractivity contribution is 1.01. The van der Waals surface area contributed by atoms with Gasteiger partial charge in [0.1, 0.15) is 11.6 Å². The lowest BCUT2D eigenvalue weighted by Crippen LogP contribution is -2.13. The summed E-state index contributed by atoms with van der Waals surface area (Å²) in [4.78, 5) is 8.46. The van der Waals surface area contributed by atoms with Crippen molar-refractivity contribution in [1.29, 1.82) is 0 Å². The Kier molecular flexibility index (Phi) is 2.64. The van der Waals surface area contributed by atoms with Crippen LogP contribution in [0.1, 0.15) is 0 Å². The lowest BCUT2D eigenvalue weighted by Gasteiger charge is -2.04. The van der Waals surface area contributed by atoms with Crippen LogP contribution in [0.3, 0.4) is 0 Å². The van der Waals surface area contributed by atoms with Crippen molar-refractivity contribution in [3.63, 3.8) is 0 Å². The van der Waals surface area contributed by atoms with Crippen LogP contribution >= 0.6 is 0 Å². The molecule has 0 aliphatic heterocycles. The first kappa shape index (κ1) is 9.67. The van der Waals surface area contributed by atoms with Crippen molar-refractivity contribution in [2.45, 2.75) is 0 Å². The van der Waals surface area contributed by atoms with Gasteiger partial charge in [-0.05, 0) is 24.3 Å². The normalized spacial score (nSPS) is 10.5. The highest BCUT2D eigenvalue weighted by Gasteiger charge is 1.99. The number of hydrogen-bond donors (Lipinski definition) is 3. The van der Waals surface area contributed by atoms with E-state index in [1.807, 2.05) is 18.2 Å². The van der Waals surface area contributed by atoms with Crippen LogP contribution in [-0.4, -0.2) is 23.1 Å². The van der Waals surface area contributed by atoms with Crippen LogP contribution in [0.2, 0.25) is 0 Å². The number of rotatable bonds is 3. The number of nitrogens with zero attached hydrogens (tertiary/aromatic N) is 2. The Balaban J connectivity index is 2.36. The molecule has 0 fully saturated rings. The van der Waals surface area contributed by atoms with Crippen molar-refractivity contribution in [2.24, 2.45) is 5.73 Å². The van der Waals surface area contributed by atoms with E-state index in [-0.39, 0.29) is 0 Å². The largest absolute Gasteiger partial charge is 0.384 e. The molecule has 2 heterocycles. The molecule has 0 saturated carbocycles. The molecule has 5 nitrogen and oxygen atoms in total. The van der Waals surface area contributed by atoms with E-state index in [4.69, 9.17) is 11.5 Å². The van der Waals surface area contributed by atoms with Gasteiger partial charge >= 0.3 is 0 Å². The van der Waals surface area contributed by atoms with E-state index < -0.39 is 0 Å². The second-order valence-electron chi connectivity index (χ2n) is 3.19. The standard InChI is InChI=1S/C10H13N5/c11-5-6-13-9-4-2-7-1-3-8(12)14-10(7)15-9/h1-4H,5-6,11H2,(H3,12,13,14,15). The second kappa shape index (κ2) is 4.10. The van der Waals surface area contributed by atoms with Gasteiger partial charge in [-0.2, -0.15) is 0 Å². The maximum absolute atomic E-state index is 5.58. The average Bonchev–Trinajstić information content (AvgIpc) is 2.25. The maximum atomic E-state index is 5.58. The fourth-order valence-corrected chi connectivity index (χ4v) is 1.31. The zero-order chi connectivity index (χ0) is 10.7. The molecule has 0 aliphatic carbocycles. The van der Waals surface area contributed by atoms with Gasteiger partial charge in [-0.15, -0.1) is 0 Å². The van der Waals surface area contributed by atoms with E-state index in [0.29, 0.717) is 24.6 Å². The Hall–Kier alpha value is -1.88. The number of hydrogen-bond acceptors (Lipinski definition) is 5. The average molecular weight is 203 g/mol. The topological polar surface area (TPSA) is 89.8 Å². The molecule has 0 radical (unpaired) electrons. The van der Waals surface area contributed by atoms with Crippen molar-refractivity contribution in [1.82, 2.24) is 9.97 Å². The van der Waals surface area contributed by atoms with Crippen molar-refractivity contribution in [3.05, 3.63) is 24.3 Å². The molecule has 2 aromatic heterocycles. The Morgan fingerprint density at radius 2 is 1.93 bits per heavy atom. The highest BCUT2D eigenvalue weighted by Crippen LogP contribution is 2.14. The summed E-state index contributed by atoms with van der Waals surface area (Å²) in [7, 11) is 0. The van der Waals surface area contributed by atoms with Crippen LogP contribution in [-0.2, 0) is 0 Å². The van der Waals surface area contributed by atoms with E-state index in [1.54, 1.807) is 6.07 Å². The molecule has 0 amide bonds. The summed E-state index contributed by atoms with van der Waals surface area (Å²) in [5, 5.41) is 4.06. The number of aromatic nitrogens is 2.